The lowest BCUT2D eigenvalue weighted by Gasteiger charge is -2.30. The number of hydrogen-bond donors (Lipinski definition) is 2. The van der Waals surface area contributed by atoms with E-state index in [0.29, 0.717) is 64.7 Å². The summed E-state index contributed by atoms with van der Waals surface area (Å²) in [5.74, 6) is -0.131. The Morgan fingerprint density at radius 2 is 0.836 bits per heavy atom. The Labute approximate surface area is 662 Å². The van der Waals surface area contributed by atoms with E-state index in [9.17, 15) is 38.5 Å². The van der Waals surface area contributed by atoms with Crippen LogP contribution in [0.4, 0.5) is 22.7 Å². The van der Waals surface area contributed by atoms with Gasteiger partial charge in [0.25, 0.3) is 40.1 Å². The molecule has 8 aromatic carbocycles. The monoisotopic (exact) mass is 1600 g/mol. The molecule has 20 nitrogen and oxygen atoms in total. The van der Waals surface area contributed by atoms with Crippen LogP contribution in [-0.4, -0.2) is 151 Å². The van der Waals surface area contributed by atoms with Crippen molar-refractivity contribution in [3.05, 3.63) is 237 Å². The first kappa shape index (κ1) is 89.5. The predicted molar refractivity (Wildman–Crippen MR) is 447 cm³/mol. The van der Waals surface area contributed by atoms with Gasteiger partial charge in [0.05, 0.1) is 73.1 Å². The molecule has 0 amide bonds. The summed E-state index contributed by atoms with van der Waals surface area (Å²) in [5, 5.41) is 7.52. The summed E-state index contributed by atoms with van der Waals surface area (Å²) in [4.78, 5) is 17.3. The van der Waals surface area contributed by atoms with Gasteiger partial charge in [-0.3, -0.25) is 31.8 Å². The van der Waals surface area contributed by atoms with Crippen LogP contribution in [0.3, 0.4) is 0 Å². The maximum Gasteiger partial charge on any atom is 0.305 e. The Morgan fingerprint density at radius 1 is 0.436 bits per heavy atom. The molecule has 8 aromatic rings. The molecule has 4 atom stereocenters. The van der Waals surface area contributed by atoms with Crippen molar-refractivity contribution < 1.29 is 52.7 Å². The molecule has 0 aliphatic carbocycles. The number of unbranched alkanes of at least 4 members (excludes halogenated alkanes) is 5. The molecule has 4 heterocycles. The molecule has 0 radical (unpaired) electrons. The molecule has 2 N–H and O–H groups in total. The molecule has 0 saturated carbocycles. The van der Waals surface area contributed by atoms with E-state index in [1.807, 2.05) is 168 Å². The first-order chi connectivity index (χ1) is 51.9. The number of hydrogen-bond acceptors (Lipinski definition) is 16. The highest BCUT2D eigenvalue weighted by molar-refractivity contribution is 7.93. The van der Waals surface area contributed by atoms with Crippen LogP contribution in [-0.2, 0) is 59.1 Å². The van der Waals surface area contributed by atoms with Crippen LogP contribution in [0.1, 0.15) is 181 Å². The number of fused-ring (bicyclic) bond motifs is 8. The van der Waals surface area contributed by atoms with E-state index < -0.39 is 40.1 Å². The van der Waals surface area contributed by atoms with E-state index in [4.69, 9.17) is 25.8 Å². The molecule has 25 heteroatoms. The molecule has 0 fully saturated rings. The lowest BCUT2D eigenvalue weighted by Crippen LogP contribution is -2.30. The van der Waals surface area contributed by atoms with Crippen LogP contribution in [0.15, 0.2) is 202 Å². The van der Waals surface area contributed by atoms with Crippen LogP contribution in [0.5, 0.6) is 0 Å². The minimum atomic E-state index is -3.69. The van der Waals surface area contributed by atoms with E-state index in [2.05, 4.69) is 40.5 Å². The smallest absolute Gasteiger partial charge is 0.305 e. The zero-order valence-corrected chi connectivity index (χ0v) is 68.2. The number of halogens is 1. The molecule has 0 bridgehead atoms. The number of nitrogens with one attached hydrogen (secondary N) is 2. The molecule has 0 aromatic heterocycles. The predicted octanol–water partition coefficient (Wildman–Crippen LogP) is 16.5. The highest BCUT2D eigenvalue weighted by Gasteiger charge is 2.41. The quantitative estimate of drug-likeness (QED) is 0.0380. The zero-order chi connectivity index (χ0) is 77.9. The minimum absolute atomic E-state index is 0. The molecule has 0 spiro atoms. The van der Waals surface area contributed by atoms with Crippen molar-refractivity contribution in [1.82, 2.24) is 20.4 Å². The maximum absolute atomic E-state index is 13.4. The zero-order valence-electron chi connectivity index (χ0n) is 64.2. The summed E-state index contributed by atoms with van der Waals surface area (Å²) >= 11 is 6.13. The number of rotatable bonds is 26. The van der Waals surface area contributed by atoms with Gasteiger partial charge in [-0.25, -0.2) is 33.7 Å². The van der Waals surface area contributed by atoms with E-state index >= 15 is 0 Å². The van der Waals surface area contributed by atoms with Crippen LogP contribution < -0.4 is 27.9 Å². The molecule has 598 valence electrons. The Morgan fingerprint density at radius 3 is 1.30 bits per heavy atom. The van der Waals surface area contributed by atoms with Gasteiger partial charge in [-0.05, 0) is 198 Å². The molecular formula is C85H115ClN8O12S4. The number of benzene rings is 8. The van der Waals surface area contributed by atoms with Crippen LogP contribution in [0.25, 0.3) is 0 Å². The maximum atomic E-state index is 13.4. The number of carbonyl (C=O) groups excluding carboxylic acids is 1. The number of esters is 1. The molecule has 0 saturated heterocycles. The van der Waals surface area contributed by atoms with Crippen molar-refractivity contribution in [3.8, 4) is 0 Å². The largest absolute Gasteiger partial charge is 0.466 e. The Bertz CT molecular complexity index is 4670. The fourth-order valence-electron chi connectivity index (χ4n) is 14.7. The third-order valence-electron chi connectivity index (χ3n) is 20.0. The summed E-state index contributed by atoms with van der Waals surface area (Å²) in [6.45, 7) is 15.4. The van der Waals surface area contributed by atoms with Crippen molar-refractivity contribution in [1.29, 1.82) is 0 Å². The fourth-order valence-corrected chi connectivity index (χ4v) is 21.4. The van der Waals surface area contributed by atoms with Gasteiger partial charge >= 0.3 is 5.97 Å². The second-order valence-corrected chi connectivity index (χ2v) is 35.2. The summed E-state index contributed by atoms with van der Waals surface area (Å²) in [6.07, 6.45) is 9.40. The van der Waals surface area contributed by atoms with Gasteiger partial charge in [0.2, 0.25) is 0 Å². The normalized spacial score (nSPS) is 17.6. The Kier molecular flexibility index (Phi) is 33.5. The number of carbonyl (C=O) groups is 1. The number of ether oxygens (including phenoxy) is 3. The van der Waals surface area contributed by atoms with Gasteiger partial charge < -0.3 is 24.8 Å². The highest BCUT2D eigenvalue weighted by atomic mass is 35.5. The lowest BCUT2D eigenvalue weighted by molar-refractivity contribution is -0.143. The third kappa shape index (κ3) is 20.2. The van der Waals surface area contributed by atoms with Gasteiger partial charge in [0.15, 0.2) is 0 Å². The molecule has 4 unspecified atom stereocenters. The standard InChI is InChI=1S/C24H32N2O4S.C21H28N2O2S.C19H23ClN2O3S.C19H24N2O3S.2CH4/c1-3-26-21-15-10-8-13-19(21)24(20-14-9-11-16-22(20)31(26,28)29)25-18-12-6-5-7-17-23(27)30-4-2;1-5-6-9-14-22(3)21-17-10-7-8-11-19(17)23(4)26(24,25)20-15-16(2)12-13-18(20)21;1-21(11-6-12-25-3)19-15-7-4-5-8-17(15)22(2)26(23,24)18-13-14(20)9-10-16(18)19;1-3-21-17-11-6-4-9-15(17)19(20-13-8-14-24-2)16-10-5-7-12-18(16)25(21,22)23;;/h8-11,13-16,24-25H,3-7,12,17-18H2,1-2H3;7-8,10-13,15,21H,5-6,9,14H2,1-4H3;4-5,7-10,13,19H,6,11-12H2,1-3H3;4-7,9-12,19-20H,3,8,13-14H2,1-2H3;2*1H4. The van der Waals surface area contributed by atoms with Crippen molar-refractivity contribution in [2.75, 3.05) is 119 Å². The average molecular weight is 1600 g/mol. The summed E-state index contributed by atoms with van der Waals surface area (Å²) < 4.78 is 127. The van der Waals surface area contributed by atoms with Gasteiger partial charge in [0.1, 0.15) is 0 Å². The van der Waals surface area contributed by atoms with E-state index in [1.54, 1.807) is 70.8 Å². The molecule has 4 aliphatic rings. The van der Waals surface area contributed by atoms with Crippen LogP contribution >= 0.6 is 11.6 Å². The molecule has 110 heavy (non-hydrogen) atoms. The topological polar surface area (TPSA) is 225 Å². The summed E-state index contributed by atoms with van der Waals surface area (Å²) in [5.41, 5.74) is 11.0. The fraction of sp³-hybridized carbons (Fsp3) is 0.424. The second-order valence-electron chi connectivity index (χ2n) is 27.2. The van der Waals surface area contributed by atoms with Gasteiger partial charge in [0, 0.05) is 72.6 Å². The second kappa shape index (κ2) is 41.2. The van der Waals surface area contributed by atoms with E-state index in [0.717, 1.165) is 138 Å². The Hall–Kier alpha value is -7.72. The molecular weight excluding hydrogens is 1490 g/mol. The minimum Gasteiger partial charge on any atom is -0.466 e. The molecule has 4 aliphatic heterocycles. The number of methoxy groups -OCH3 is 2. The number of anilines is 4. The van der Waals surface area contributed by atoms with Crippen molar-refractivity contribution in [2.45, 2.75) is 157 Å². The summed E-state index contributed by atoms with van der Waals surface area (Å²) in [6, 6.07) is 55.8. The van der Waals surface area contributed by atoms with Gasteiger partial charge in [-0.2, -0.15) is 0 Å². The number of aryl methyl sites for hydroxylation is 1. The van der Waals surface area contributed by atoms with Gasteiger partial charge in [-0.1, -0.05) is 186 Å². The SMILES string of the molecule is C.C.CCCCCN(C)C1c2ccccc2N(C)S(=O)(=O)c2cc(C)ccc21.CCN1c2ccccc2C(NCCCOC)c2ccccc2S1(=O)=O.CCOC(=O)CCCCCCNC1c2ccccc2N(CC)S(=O)(=O)c2ccccc21.COCCCN(C)C1c2ccccc2N(C)S(=O)(=O)c2cc(Cl)ccc21. The average Bonchev–Trinajstić information content (AvgIpc) is 1.66. The van der Waals surface area contributed by atoms with Crippen LogP contribution in [0.2, 0.25) is 5.02 Å². The van der Waals surface area contributed by atoms with Crippen molar-refractivity contribution in [3.63, 3.8) is 0 Å². The van der Waals surface area contributed by atoms with Crippen molar-refractivity contribution >= 4 is 80.4 Å². The molecule has 12 rings (SSSR count). The Balaban J connectivity index is 0.000000203. The first-order valence-corrected chi connectivity index (χ1v) is 43.5. The third-order valence-corrected chi connectivity index (χ3v) is 27.9. The summed E-state index contributed by atoms with van der Waals surface area (Å²) in [7, 11) is -3.76. The lowest BCUT2D eigenvalue weighted by atomic mass is 9.94. The van der Waals surface area contributed by atoms with E-state index in [-0.39, 0.29) is 49.9 Å². The first-order valence-electron chi connectivity index (χ1n) is 37.3. The van der Waals surface area contributed by atoms with E-state index in [1.165, 1.54) is 30.1 Å². The number of para-hydroxylation sites is 4. The number of sulfonamides is 4. The number of nitrogens with zero attached hydrogens (tertiary/aromatic N) is 6. The highest BCUT2D eigenvalue weighted by Crippen LogP contribution is 2.47. The van der Waals surface area contributed by atoms with Gasteiger partial charge in [-0.15, -0.1) is 0 Å². The van der Waals surface area contributed by atoms with Crippen molar-refractivity contribution in [2.24, 2.45) is 0 Å². The van der Waals surface area contributed by atoms with Crippen LogP contribution in [0, 0.1) is 6.92 Å².